The van der Waals surface area contributed by atoms with E-state index in [4.69, 9.17) is 4.74 Å². The minimum absolute atomic E-state index is 0.0124. The molecule has 0 spiro atoms. The summed E-state index contributed by atoms with van der Waals surface area (Å²) in [6.07, 6.45) is 0.315. The Balaban J connectivity index is 1.48. The van der Waals surface area contributed by atoms with Gasteiger partial charge in [-0.15, -0.1) is 0 Å². The standard InChI is InChI=1S/C20H19N3O6/c24-18(21-16-8-4-5-9-17(16)23(27)28)13-29-20(26)12-22-11-15(10-19(22)25)14-6-2-1-3-7-14/h1-9,15H,10-13H2,(H,21,24). The Morgan fingerprint density at radius 2 is 1.83 bits per heavy atom. The molecule has 0 bridgehead atoms. The zero-order chi connectivity index (χ0) is 20.8. The Bertz CT molecular complexity index is 931. The summed E-state index contributed by atoms with van der Waals surface area (Å²) in [5.74, 6) is -1.56. The van der Waals surface area contributed by atoms with Gasteiger partial charge in [-0.3, -0.25) is 24.5 Å². The highest BCUT2D eigenvalue weighted by Gasteiger charge is 2.32. The molecule has 1 aliphatic rings. The maximum absolute atomic E-state index is 12.1. The molecule has 0 saturated carbocycles. The van der Waals surface area contributed by atoms with Crippen LogP contribution in [0.2, 0.25) is 0 Å². The number of carbonyl (C=O) groups is 3. The molecule has 2 aromatic rings. The van der Waals surface area contributed by atoms with E-state index >= 15 is 0 Å². The zero-order valence-corrected chi connectivity index (χ0v) is 15.4. The average Bonchev–Trinajstić information content (AvgIpc) is 3.07. The number of nitrogens with one attached hydrogen (secondary N) is 1. The highest BCUT2D eigenvalue weighted by molar-refractivity contribution is 5.95. The number of anilines is 1. The van der Waals surface area contributed by atoms with E-state index in [-0.39, 0.29) is 29.7 Å². The molecule has 1 heterocycles. The number of nitro groups is 1. The molecule has 9 heteroatoms. The number of amides is 2. The van der Waals surface area contributed by atoms with Crippen LogP contribution in [0.3, 0.4) is 0 Å². The smallest absolute Gasteiger partial charge is 0.326 e. The van der Waals surface area contributed by atoms with Crippen molar-refractivity contribution in [2.75, 3.05) is 25.0 Å². The third-order valence-electron chi connectivity index (χ3n) is 4.54. The van der Waals surface area contributed by atoms with Crippen molar-refractivity contribution in [2.45, 2.75) is 12.3 Å². The summed E-state index contributed by atoms with van der Waals surface area (Å²) >= 11 is 0. The van der Waals surface area contributed by atoms with Crippen molar-refractivity contribution >= 4 is 29.2 Å². The quantitative estimate of drug-likeness (QED) is 0.434. The van der Waals surface area contributed by atoms with Gasteiger partial charge in [0.05, 0.1) is 4.92 Å². The third kappa shape index (κ3) is 5.16. The minimum Gasteiger partial charge on any atom is -0.454 e. The van der Waals surface area contributed by atoms with Gasteiger partial charge in [-0.2, -0.15) is 0 Å². The topological polar surface area (TPSA) is 119 Å². The normalized spacial score (nSPS) is 15.8. The Morgan fingerprint density at radius 3 is 2.55 bits per heavy atom. The van der Waals surface area contributed by atoms with E-state index in [0.29, 0.717) is 13.0 Å². The van der Waals surface area contributed by atoms with Gasteiger partial charge in [0.25, 0.3) is 11.6 Å². The Kier molecular flexibility index (Phi) is 6.18. The Morgan fingerprint density at radius 1 is 1.14 bits per heavy atom. The van der Waals surface area contributed by atoms with E-state index in [2.05, 4.69) is 5.32 Å². The average molecular weight is 397 g/mol. The number of likely N-dealkylation sites (tertiary alicyclic amines) is 1. The lowest BCUT2D eigenvalue weighted by Crippen LogP contribution is -2.33. The van der Waals surface area contributed by atoms with Gasteiger partial charge in [0, 0.05) is 24.9 Å². The predicted molar refractivity (Wildman–Crippen MR) is 103 cm³/mol. The number of carbonyl (C=O) groups excluding carboxylic acids is 3. The second-order valence-electron chi connectivity index (χ2n) is 6.57. The van der Waals surface area contributed by atoms with Crippen LogP contribution in [0, 0.1) is 10.1 Å². The third-order valence-corrected chi connectivity index (χ3v) is 4.54. The van der Waals surface area contributed by atoms with E-state index in [1.54, 1.807) is 0 Å². The van der Waals surface area contributed by atoms with Gasteiger partial charge in [0.15, 0.2) is 6.61 Å². The van der Waals surface area contributed by atoms with Crippen LogP contribution in [0.5, 0.6) is 0 Å². The fraction of sp³-hybridized carbons (Fsp3) is 0.250. The number of nitro benzene ring substituents is 1. The summed E-state index contributed by atoms with van der Waals surface area (Å²) in [5.41, 5.74) is 0.779. The van der Waals surface area contributed by atoms with Gasteiger partial charge in [-0.1, -0.05) is 42.5 Å². The summed E-state index contributed by atoms with van der Waals surface area (Å²) in [6.45, 7) is -0.448. The van der Waals surface area contributed by atoms with E-state index < -0.39 is 23.4 Å². The number of esters is 1. The van der Waals surface area contributed by atoms with Crippen LogP contribution in [-0.2, 0) is 19.1 Å². The lowest BCUT2D eigenvalue weighted by atomic mass is 9.99. The number of hydrogen-bond donors (Lipinski definition) is 1. The molecule has 3 rings (SSSR count). The largest absolute Gasteiger partial charge is 0.454 e. The lowest BCUT2D eigenvalue weighted by Gasteiger charge is -2.16. The van der Waals surface area contributed by atoms with Crippen LogP contribution in [0.15, 0.2) is 54.6 Å². The van der Waals surface area contributed by atoms with Crippen molar-refractivity contribution in [3.63, 3.8) is 0 Å². The van der Waals surface area contributed by atoms with Gasteiger partial charge in [0.1, 0.15) is 12.2 Å². The van der Waals surface area contributed by atoms with Crippen molar-refractivity contribution < 1.29 is 24.0 Å². The molecule has 150 valence electrons. The van der Waals surface area contributed by atoms with Crippen LogP contribution in [-0.4, -0.2) is 47.3 Å². The van der Waals surface area contributed by atoms with Crippen LogP contribution in [0.4, 0.5) is 11.4 Å². The fourth-order valence-electron chi connectivity index (χ4n) is 3.15. The maximum Gasteiger partial charge on any atom is 0.326 e. The Hall–Kier alpha value is -3.75. The van der Waals surface area contributed by atoms with E-state index in [1.807, 2.05) is 30.3 Å². The van der Waals surface area contributed by atoms with Crippen LogP contribution in [0.25, 0.3) is 0 Å². The summed E-state index contributed by atoms with van der Waals surface area (Å²) in [6, 6.07) is 15.2. The predicted octanol–water partition coefficient (Wildman–Crippen LogP) is 2.09. The molecule has 1 N–H and O–H groups in total. The molecule has 0 radical (unpaired) electrons. The zero-order valence-electron chi connectivity index (χ0n) is 15.4. The van der Waals surface area contributed by atoms with E-state index in [1.165, 1.54) is 29.2 Å². The molecule has 1 atom stereocenters. The maximum atomic E-state index is 12.1. The van der Waals surface area contributed by atoms with Gasteiger partial charge in [-0.05, 0) is 11.6 Å². The molecule has 1 aliphatic heterocycles. The van der Waals surface area contributed by atoms with Gasteiger partial charge < -0.3 is 15.0 Å². The van der Waals surface area contributed by atoms with Crippen molar-refractivity contribution in [3.05, 3.63) is 70.3 Å². The summed E-state index contributed by atoms with van der Waals surface area (Å²) < 4.78 is 4.91. The fourth-order valence-corrected chi connectivity index (χ4v) is 3.15. The number of ether oxygens (including phenoxy) is 1. The molecule has 1 saturated heterocycles. The first kappa shape index (κ1) is 20.0. The van der Waals surface area contributed by atoms with Crippen LogP contribution in [0.1, 0.15) is 17.9 Å². The number of benzene rings is 2. The van der Waals surface area contributed by atoms with E-state index in [0.717, 1.165) is 5.56 Å². The van der Waals surface area contributed by atoms with Crippen molar-refractivity contribution in [1.82, 2.24) is 4.90 Å². The molecule has 2 amide bonds. The van der Waals surface area contributed by atoms with Gasteiger partial charge in [0.2, 0.25) is 5.91 Å². The van der Waals surface area contributed by atoms with Crippen LogP contribution < -0.4 is 5.32 Å². The highest BCUT2D eigenvalue weighted by atomic mass is 16.6. The monoisotopic (exact) mass is 397 g/mol. The van der Waals surface area contributed by atoms with Gasteiger partial charge in [-0.25, -0.2) is 0 Å². The number of rotatable bonds is 7. The molecule has 1 fully saturated rings. The molecule has 0 aliphatic carbocycles. The number of nitrogens with zero attached hydrogens (tertiary/aromatic N) is 2. The van der Waals surface area contributed by atoms with E-state index in [9.17, 15) is 24.5 Å². The molecule has 9 nitrogen and oxygen atoms in total. The second-order valence-corrected chi connectivity index (χ2v) is 6.57. The molecule has 0 aromatic heterocycles. The molecule has 1 unspecified atom stereocenters. The summed E-state index contributed by atoms with van der Waals surface area (Å²) in [5, 5.41) is 13.3. The molecule has 29 heavy (non-hydrogen) atoms. The number of hydrogen-bond acceptors (Lipinski definition) is 6. The molecular weight excluding hydrogens is 378 g/mol. The van der Waals surface area contributed by atoms with Crippen molar-refractivity contribution in [3.8, 4) is 0 Å². The Labute approximate surface area is 166 Å². The highest BCUT2D eigenvalue weighted by Crippen LogP contribution is 2.27. The summed E-state index contributed by atoms with van der Waals surface area (Å²) in [4.78, 5) is 47.8. The number of para-hydroxylation sites is 2. The molecule has 2 aromatic carbocycles. The van der Waals surface area contributed by atoms with Crippen molar-refractivity contribution in [1.29, 1.82) is 0 Å². The first-order chi connectivity index (χ1) is 13.9. The van der Waals surface area contributed by atoms with Crippen LogP contribution >= 0.6 is 0 Å². The molecular formula is C20H19N3O6. The minimum atomic E-state index is -0.718. The summed E-state index contributed by atoms with van der Waals surface area (Å²) in [7, 11) is 0. The second kappa shape index (κ2) is 8.96. The first-order valence-electron chi connectivity index (χ1n) is 8.95. The van der Waals surface area contributed by atoms with Crippen molar-refractivity contribution in [2.24, 2.45) is 0 Å². The first-order valence-corrected chi connectivity index (χ1v) is 8.95. The van der Waals surface area contributed by atoms with Gasteiger partial charge >= 0.3 is 5.97 Å². The lowest BCUT2D eigenvalue weighted by molar-refractivity contribution is -0.383. The SMILES string of the molecule is O=C(COC(=O)CN1CC(c2ccccc2)CC1=O)Nc1ccccc1[N+](=O)[O-].